The number of ether oxygens (including phenoxy) is 1. The number of benzene rings is 2. The van der Waals surface area contributed by atoms with E-state index in [1.165, 1.54) is 24.3 Å². The van der Waals surface area contributed by atoms with Crippen LogP contribution >= 0.6 is 0 Å². The normalized spacial score (nSPS) is 12.7. The molecular weight excluding hydrogens is 342 g/mol. The number of nitrogens with zero attached hydrogens (tertiary/aromatic N) is 2. The molecule has 0 aliphatic carbocycles. The number of nitro groups is 1. The largest absolute Gasteiger partial charge is 0.462 e. The number of nitrogens with one attached hydrogen (secondary N) is 1. The van der Waals surface area contributed by atoms with E-state index in [2.05, 4.69) is 5.43 Å². The van der Waals surface area contributed by atoms with Crippen LogP contribution in [0.25, 0.3) is 0 Å². The zero-order valence-electron chi connectivity index (χ0n) is 13.6. The first kappa shape index (κ1) is 17.1. The van der Waals surface area contributed by atoms with Crippen molar-refractivity contribution in [3.05, 3.63) is 69.3 Å². The third-order valence-electron chi connectivity index (χ3n) is 3.73. The zero-order valence-corrected chi connectivity index (χ0v) is 13.6. The van der Waals surface area contributed by atoms with Crippen molar-refractivity contribution in [2.24, 2.45) is 0 Å². The molecule has 0 unspecified atom stereocenters. The van der Waals surface area contributed by atoms with Crippen LogP contribution in [0, 0.1) is 10.1 Å². The molecule has 0 spiro atoms. The predicted molar refractivity (Wildman–Crippen MR) is 89.6 cm³/mol. The number of hydrazine groups is 1. The van der Waals surface area contributed by atoms with Gasteiger partial charge in [-0.1, -0.05) is 12.1 Å². The lowest BCUT2D eigenvalue weighted by atomic mass is 10.1. The van der Waals surface area contributed by atoms with Gasteiger partial charge in [0.1, 0.15) is 5.69 Å². The van der Waals surface area contributed by atoms with Crippen LogP contribution < -0.4 is 5.43 Å². The predicted octanol–water partition coefficient (Wildman–Crippen LogP) is 2.39. The molecule has 3 rings (SSSR count). The summed E-state index contributed by atoms with van der Waals surface area (Å²) in [5, 5.41) is 12.0. The van der Waals surface area contributed by atoms with Gasteiger partial charge in [-0.3, -0.25) is 25.1 Å². The molecule has 0 atom stereocenters. The number of hydrogen-bond acceptors (Lipinski definition) is 7. The maximum absolute atomic E-state index is 12.4. The van der Waals surface area contributed by atoms with Crippen molar-refractivity contribution in [2.45, 2.75) is 6.92 Å². The van der Waals surface area contributed by atoms with E-state index in [0.29, 0.717) is 5.01 Å². The summed E-state index contributed by atoms with van der Waals surface area (Å²) in [7, 11) is 0. The van der Waals surface area contributed by atoms with Crippen molar-refractivity contribution < 1.29 is 24.0 Å². The van der Waals surface area contributed by atoms with Gasteiger partial charge < -0.3 is 4.74 Å². The van der Waals surface area contributed by atoms with Crippen LogP contribution in [0.15, 0.2) is 42.5 Å². The molecule has 1 heterocycles. The summed E-state index contributed by atoms with van der Waals surface area (Å²) in [6.45, 7) is 1.74. The molecule has 2 aromatic carbocycles. The van der Waals surface area contributed by atoms with E-state index in [4.69, 9.17) is 4.74 Å². The number of anilines is 1. The van der Waals surface area contributed by atoms with Crippen LogP contribution in [0.4, 0.5) is 11.4 Å². The first-order chi connectivity index (χ1) is 12.4. The Bertz CT molecular complexity index is 905. The van der Waals surface area contributed by atoms with E-state index in [0.717, 1.165) is 6.07 Å². The van der Waals surface area contributed by atoms with Crippen molar-refractivity contribution in [1.82, 2.24) is 5.01 Å². The fraction of sp³-hybridized carbons (Fsp3) is 0.118. The van der Waals surface area contributed by atoms with Crippen LogP contribution in [-0.2, 0) is 4.74 Å². The van der Waals surface area contributed by atoms with E-state index in [1.807, 2.05) is 0 Å². The van der Waals surface area contributed by atoms with Crippen LogP contribution in [0.3, 0.4) is 0 Å². The molecular formula is C17H13N3O6. The number of carbonyl (C=O) groups is 3. The first-order valence-electron chi connectivity index (χ1n) is 7.64. The number of esters is 1. The van der Waals surface area contributed by atoms with E-state index >= 15 is 0 Å². The Hall–Kier alpha value is -3.75. The maximum Gasteiger partial charge on any atom is 0.338 e. The number of imide groups is 1. The number of nitro benzene ring substituents is 1. The molecule has 26 heavy (non-hydrogen) atoms. The molecule has 132 valence electrons. The van der Waals surface area contributed by atoms with Crippen molar-refractivity contribution in [2.75, 3.05) is 12.0 Å². The minimum absolute atomic E-state index is 0.00791. The molecule has 0 saturated carbocycles. The highest BCUT2D eigenvalue weighted by molar-refractivity contribution is 6.22. The minimum Gasteiger partial charge on any atom is -0.462 e. The molecule has 1 aliphatic rings. The van der Waals surface area contributed by atoms with Gasteiger partial charge in [0.25, 0.3) is 17.5 Å². The topological polar surface area (TPSA) is 119 Å². The van der Waals surface area contributed by atoms with Gasteiger partial charge in [-0.2, -0.15) is 5.01 Å². The molecule has 1 N–H and O–H groups in total. The van der Waals surface area contributed by atoms with Crippen LogP contribution in [0.5, 0.6) is 0 Å². The number of rotatable bonds is 5. The van der Waals surface area contributed by atoms with Gasteiger partial charge in [-0.25, -0.2) is 4.79 Å². The quantitative estimate of drug-likeness (QED) is 0.378. The molecule has 9 heteroatoms. The Morgan fingerprint density at radius 3 is 2.31 bits per heavy atom. The summed E-state index contributed by atoms with van der Waals surface area (Å²) in [6.07, 6.45) is 0. The molecule has 0 saturated heterocycles. The average molecular weight is 355 g/mol. The Morgan fingerprint density at radius 1 is 1.15 bits per heavy atom. The lowest BCUT2D eigenvalue weighted by Crippen LogP contribution is -2.35. The number of fused-ring (bicyclic) bond motifs is 1. The number of amides is 2. The zero-order chi connectivity index (χ0) is 18.8. The second kappa shape index (κ2) is 6.63. The molecule has 2 amide bonds. The van der Waals surface area contributed by atoms with Crippen LogP contribution in [0.1, 0.15) is 38.0 Å². The van der Waals surface area contributed by atoms with Crippen molar-refractivity contribution in [3.63, 3.8) is 0 Å². The summed E-state index contributed by atoms with van der Waals surface area (Å²) in [4.78, 5) is 47.1. The molecule has 9 nitrogen and oxygen atoms in total. The summed E-state index contributed by atoms with van der Waals surface area (Å²) in [5.41, 5.74) is 2.31. The minimum atomic E-state index is -0.719. The van der Waals surface area contributed by atoms with Gasteiger partial charge in [0.15, 0.2) is 0 Å². The molecule has 2 aromatic rings. The highest BCUT2D eigenvalue weighted by Gasteiger charge is 2.36. The summed E-state index contributed by atoms with van der Waals surface area (Å²) < 4.78 is 4.81. The van der Waals surface area contributed by atoms with E-state index < -0.39 is 28.4 Å². The Morgan fingerprint density at radius 2 is 1.77 bits per heavy atom. The summed E-state index contributed by atoms with van der Waals surface area (Å²) in [6, 6.07) is 9.80. The van der Waals surface area contributed by atoms with E-state index in [-0.39, 0.29) is 29.0 Å². The Kier molecular flexibility index (Phi) is 4.36. The molecule has 0 radical (unpaired) electrons. The molecule has 0 aromatic heterocycles. The standard InChI is InChI=1S/C17H13N3O6/c1-2-26-17(23)10-7-8-13(14(9-10)20(24)25)18-19-15(21)11-5-3-4-6-12(11)16(19)22/h3-9,18H,2H2,1H3. The van der Waals surface area contributed by atoms with Gasteiger partial charge in [-0.15, -0.1) is 0 Å². The molecule has 0 fully saturated rings. The second-order valence-corrected chi connectivity index (χ2v) is 5.31. The molecule has 1 aliphatic heterocycles. The smallest absolute Gasteiger partial charge is 0.338 e. The maximum atomic E-state index is 12.4. The lowest BCUT2D eigenvalue weighted by molar-refractivity contribution is -0.384. The van der Waals surface area contributed by atoms with Gasteiger partial charge in [-0.05, 0) is 31.2 Å². The van der Waals surface area contributed by atoms with Crippen molar-refractivity contribution in [3.8, 4) is 0 Å². The van der Waals surface area contributed by atoms with Gasteiger partial charge in [0.2, 0.25) is 0 Å². The van der Waals surface area contributed by atoms with Crippen molar-refractivity contribution in [1.29, 1.82) is 0 Å². The van der Waals surface area contributed by atoms with Gasteiger partial charge in [0.05, 0.1) is 28.2 Å². The SMILES string of the molecule is CCOC(=O)c1ccc(NN2C(=O)c3ccccc3C2=O)c([N+](=O)[O-])c1. The third kappa shape index (κ3) is 2.86. The van der Waals surface area contributed by atoms with Gasteiger partial charge >= 0.3 is 5.97 Å². The van der Waals surface area contributed by atoms with Crippen LogP contribution in [0.2, 0.25) is 0 Å². The second-order valence-electron chi connectivity index (χ2n) is 5.31. The highest BCUT2D eigenvalue weighted by Crippen LogP contribution is 2.29. The molecule has 0 bridgehead atoms. The Balaban J connectivity index is 1.93. The fourth-order valence-corrected chi connectivity index (χ4v) is 2.53. The monoisotopic (exact) mass is 355 g/mol. The van der Waals surface area contributed by atoms with Crippen LogP contribution in [-0.4, -0.2) is 34.3 Å². The fourth-order valence-electron chi connectivity index (χ4n) is 2.53. The van der Waals surface area contributed by atoms with Crippen molar-refractivity contribution >= 4 is 29.2 Å². The van der Waals surface area contributed by atoms with Gasteiger partial charge in [0, 0.05) is 6.07 Å². The number of carbonyl (C=O) groups excluding carboxylic acids is 3. The van der Waals surface area contributed by atoms with E-state index in [9.17, 15) is 24.5 Å². The third-order valence-corrected chi connectivity index (χ3v) is 3.73. The lowest BCUT2D eigenvalue weighted by Gasteiger charge is -2.16. The number of hydrogen-bond donors (Lipinski definition) is 1. The van der Waals surface area contributed by atoms with E-state index in [1.54, 1.807) is 19.1 Å². The highest BCUT2D eigenvalue weighted by atomic mass is 16.6. The first-order valence-corrected chi connectivity index (χ1v) is 7.64. The Labute approximate surface area is 147 Å². The average Bonchev–Trinajstić information content (AvgIpc) is 2.87. The summed E-state index contributed by atoms with van der Waals surface area (Å²) >= 11 is 0. The summed E-state index contributed by atoms with van der Waals surface area (Å²) in [5.74, 6) is -1.94.